The number of aryl methyl sites for hydroxylation is 1. The first-order valence-corrected chi connectivity index (χ1v) is 5.41. The fourth-order valence-corrected chi connectivity index (χ4v) is 1.73. The van der Waals surface area contributed by atoms with Crippen molar-refractivity contribution in [3.8, 4) is 5.75 Å². The Balaban J connectivity index is 2.38. The second-order valence-electron chi connectivity index (χ2n) is 3.88. The predicted molar refractivity (Wildman–Crippen MR) is 65.7 cm³/mol. The Bertz CT molecular complexity index is 578. The van der Waals surface area contributed by atoms with E-state index in [4.69, 9.17) is 4.74 Å². The van der Waals surface area contributed by atoms with Gasteiger partial charge in [0.25, 0.3) is 5.69 Å². The molecule has 1 aromatic heterocycles. The maximum Gasteiger partial charge on any atom is 0.270 e. The molecule has 0 unspecified atom stereocenters. The number of rotatable bonds is 4. The van der Waals surface area contributed by atoms with Crippen molar-refractivity contribution in [1.29, 1.82) is 0 Å². The normalized spacial score (nSPS) is 10.3. The minimum absolute atomic E-state index is 0.0515. The second-order valence-corrected chi connectivity index (χ2v) is 3.88. The molecule has 2 rings (SSSR count). The number of nitro groups is 1. The van der Waals surface area contributed by atoms with E-state index < -0.39 is 4.92 Å². The minimum atomic E-state index is -0.418. The lowest BCUT2D eigenvalue weighted by atomic mass is 10.1. The van der Waals surface area contributed by atoms with Crippen molar-refractivity contribution in [3.05, 3.63) is 51.8 Å². The molecule has 0 saturated heterocycles. The zero-order chi connectivity index (χ0) is 13.1. The molecule has 0 bridgehead atoms. The van der Waals surface area contributed by atoms with Gasteiger partial charge in [-0.25, -0.2) is 0 Å². The molecule has 0 N–H and O–H groups in total. The van der Waals surface area contributed by atoms with E-state index in [1.165, 1.54) is 12.1 Å². The number of ether oxygens (including phenoxy) is 1. The Morgan fingerprint density at radius 1 is 1.44 bits per heavy atom. The highest BCUT2D eigenvalue weighted by Gasteiger charge is 2.12. The number of methoxy groups -OCH3 is 1. The predicted octanol–water partition coefficient (Wildman–Crippen LogP) is 2.16. The third kappa shape index (κ3) is 2.32. The molecule has 2 aromatic rings. The van der Waals surface area contributed by atoms with Crippen molar-refractivity contribution >= 4 is 5.69 Å². The number of non-ortho nitro benzene ring substituents is 1. The van der Waals surface area contributed by atoms with Crippen molar-refractivity contribution < 1.29 is 9.66 Å². The maximum atomic E-state index is 10.8. The first-order chi connectivity index (χ1) is 8.61. The van der Waals surface area contributed by atoms with Crippen LogP contribution in [0.3, 0.4) is 0 Å². The highest BCUT2D eigenvalue weighted by Crippen LogP contribution is 2.24. The van der Waals surface area contributed by atoms with E-state index in [-0.39, 0.29) is 5.69 Å². The van der Waals surface area contributed by atoms with E-state index in [0.29, 0.717) is 12.3 Å². The monoisotopic (exact) mass is 247 g/mol. The summed E-state index contributed by atoms with van der Waals surface area (Å²) in [5.41, 5.74) is 1.78. The molecule has 0 saturated carbocycles. The molecule has 1 heterocycles. The van der Waals surface area contributed by atoms with Gasteiger partial charge in [0.05, 0.1) is 18.6 Å². The molecule has 0 radical (unpaired) electrons. The Hall–Kier alpha value is -2.37. The molecule has 18 heavy (non-hydrogen) atoms. The van der Waals surface area contributed by atoms with E-state index in [0.717, 1.165) is 11.3 Å². The standard InChI is InChI=1S/C12H13N3O3/c1-9-5-6-13-14(9)8-10-7-11(15(16)17)3-4-12(10)18-2/h3-7H,8H2,1-2H3. The fraction of sp³-hybridized carbons (Fsp3) is 0.250. The summed E-state index contributed by atoms with van der Waals surface area (Å²) < 4.78 is 6.97. The van der Waals surface area contributed by atoms with Crippen LogP contribution in [-0.2, 0) is 6.54 Å². The summed E-state index contributed by atoms with van der Waals surface area (Å²) in [4.78, 5) is 10.3. The molecule has 0 aliphatic rings. The van der Waals surface area contributed by atoms with E-state index in [1.54, 1.807) is 24.1 Å². The van der Waals surface area contributed by atoms with Gasteiger partial charge in [0.2, 0.25) is 0 Å². The number of nitro benzene ring substituents is 1. The van der Waals surface area contributed by atoms with Crippen molar-refractivity contribution in [1.82, 2.24) is 9.78 Å². The maximum absolute atomic E-state index is 10.8. The summed E-state index contributed by atoms with van der Waals surface area (Å²) >= 11 is 0. The second kappa shape index (κ2) is 4.87. The van der Waals surface area contributed by atoms with Crippen molar-refractivity contribution in [2.45, 2.75) is 13.5 Å². The van der Waals surface area contributed by atoms with Gasteiger partial charge in [0.15, 0.2) is 0 Å². The van der Waals surface area contributed by atoms with Crippen LogP contribution in [0.2, 0.25) is 0 Å². The van der Waals surface area contributed by atoms with Gasteiger partial charge in [-0.1, -0.05) is 0 Å². The average Bonchev–Trinajstić information content (AvgIpc) is 2.75. The number of aromatic nitrogens is 2. The van der Waals surface area contributed by atoms with Gasteiger partial charge < -0.3 is 4.74 Å². The summed E-state index contributed by atoms with van der Waals surface area (Å²) in [7, 11) is 1.54. The Kier molecular flexibility index (Phi) is 3.27. The molecule has 6 nitrogen and oxygen atoms in total. The number of nitrogens with zero attached hydrogens (tertiary/aromatic N) is 3. The zero-order valence-electron chi connectivity index (χ0n) is 10.2. The quantitative estimate of drug-likeness (QED) is 0.613. The molecule has 6 heteroatoms. The molecular formula is C12H13N3O3. The first kappa shape index (κ1) is 12.1. The SMILES string of the molecule is COc1ccc([N+](=O)[O-])cc1Cn1nccc1C. The number of hydrogen-bond donors (Lipinski definition) is 0. The molecule has 1 aromatic carbocycles. The molecule has 0 aliphatic carbocycles. The highest BCUT2D eigenvalue weighted by atomic mass is 16.6. The van der Waals surface area contributed by atoms with Crippen LogP contribution >= 0.6 is 0 Å². The van der Waals surface area contributed by atoms with Gasteiger partial charge in [-0.2, -0.15) is 5.10 Å². The lowest BCUT2D eigenvalue weighted by Crippen LogP contribution is -2.05. The molecular weight excluding hydrogens is 234 g/mol. The van der Waals surface area contributed by atoms with Crippen LogP contribution in [0.25, 0.3) is 0 Å². The van der Waals surface area contributed by atoms with Crippen molar-refractivity contribution in [2.75, 3.05) is 7.11 Å². The Morgan fingerprint density at radius 2 is 2.22 bits per heavy atom. The third-order valence-corrected chi connectivity index (χ3v) is 2.72. The van der Waals surface area contributed by atoms with E-state index >= 15 is 0 Å². The van der Waals surface area contributed by atoms with E-state index in [2.05, 4.69) is 5.10 Å². The first-order valence-electron chi connectivity index (χ1n) is 5.41. The molecule has 0 spiro atoms. The van der Waals surface area contributed by atoms with Crippen LogP contribution < -0.4 is 4.74 Å². The Morgan fingerprint density at radius 3 is 2.78 bits per heavy atom. The molecule has 0 fully saturated rings. The summed E-state index contributed by atoms with van der Waals surface area (Å²) in [6.07, 6.45) is 1.69. The van der Waals surface area contributed by atoms with Gasteiger partial charge in [0.1, 0.15) is 5.75 Å². The highest BCUT2D eigenvalue weighted by molar-refractivity contribution is 5.43. The summed E-state index contributed by atoms with van der Waals surface area (Å²) in [5, 5.41) is 14.9. The van der Waals surface area contributed by atoms with Crippen LogP contribution in [0.1, 0.15) is 11.3 Å². The lowest BCUT2D eigenvalue weighted by molar-refractivity contribution is -0.384. The smallest absolute Gasteiger partial charge is 0.270 e. The largest absolute Gasteiger partial charge is 0.496 e. The molecule has 94 valence electrons. The van der Waals surface area contributed by atoms with Crippen LogP contribution in [0, 0.1) is 17.0 Å². The lowest BCUT2D eigenvalue weighted by Gasteiger charge is -2.09. The zero-order valence-corrected chi connectivity index (χ0v) is 10.2. The average molecular weight is 247 g/mol. The van der Waals surface area contributed by atoms with Crippen LogP contribution in [0.4, 0.5) is 5.69 Å². The third-order valence-electron chi connectivity index (χ3n) is 2.72. The van der Waals surface area contributed by atoms with Gasteiger partial charge in [-0.15, -0.1) is 0 Å². The van der Waals surface area contributed by atoms with Crippen LogP contribution in [-0.4, -0.2) is 21.8 Å². The van der Waals surface area contributed by atoms with Gasteiger partial charge in [0, 0.05) is 29.6 Å². The van der Waals surface area contributed by atoms with Gasteiger partial charge in [-0.05, 0) is 19.1 Å². The number of benzene rings is 1. The molecule has 0 atom stereocenters. The summed E-state index contributed by atoms with van der Waals surface area (Å²) in [6, 6.07) is 6.42. The Labute approximate surface area is 104 Å². The summed E-state index contributed by atoms with van der Waals surface area (Å²) in [6.45, 7) is 2.38. The van der Waals surface area contributed by atoms with Crippen molar-refractivity contribution in [3.63, 3.8) is 0 Å². The fourth-order valence-electron chi connectivity index (χ4n) is 1.73. The van der Waals surface area contributed by atoms with Gasteiger partial charge >= 0.3 is 0 Å². The molecule has 0 aliphatic heterocycles. The van der Waals surface area contributed by atoms with E-state index in [9.17, 15) is 10.1 Å². The van der Waals surface area contributed by atoms with Crippen molar-refractivity contribution in [2.24, 2.45) is 0 Å². The minimum Gasteiger partial charge on any atom is -0.496 e. The van der Waals surface area contributed by atoms with Crippen LogP contribution in [0.5, 0.6) is 5.75 Å². The van der Waals surface area contributed by atoms with Gasteiger partial charge in [-0.3, -0.25) is 14.8 Å². The van der Waals surface area contributed by atoms with Crippen LogP contribution in [0.15, 0.2) is 30.5 Å². The topological polar surface area (TPSA) is 70.2 Å². The van der Waals surface area contributed by atoms with E-state index in [1.807, 2.05) is 13.0 Å². The molecule has 0 amide bonds. The number of hydrogen-bond acceptors (Lipinski definition) is 4. The summed E-state index contributed by atoms with van der Waals surface area (Å²) in [5.74, 6) is 0.621.